The number of hydrogen-bond acceptors (Lipinski definition) is 4. The molecule has 0 N–H and O–H groups in total. The molecule has 21 heavy (non-hydrogen) atoms. The Morgan fingerprint density at radius 1 is 1.24 bits per heavy atom. The molecule has 1 aliphatic heterocycles. The average molecular weight is 291 g/mol. The second-order valence-corrected chi connectivity index (χ2v) is 6.50. The fraction of sp³-hybridized carbons (Fsp3) is 0.625. The van der Waals surface area contributed by atoms with Crippen LogP contribution in [0.15, 0.2) is 18.3 Å². The summed E-state index contributed by atoms with van der Waals surface area (Å²) in [7, 11) is 0. The molecule has 5 heteroatoms. The Hall–Kier alpha value is -1.78. The second kappa shape index (κ2) is 6.33. The lowest BCUT2D eigenvalue weighted by Gasteiger charge is -2.26. The number of aromatic nitrogens is 1. The molecule has 1 saturated heterocycles. The zero-order valence-corrected chi connectivity index (χ0v) is 13.4. The quantitative estimate of drug-likeness (QED) is 0.798. The Morgan fingerprint density at radius 2 is 2.00 bits per heavy atom. The first kappa shape index (κ1) is 15.6. The molecule has 0 unspecified atom stereocenters. The SMILES string of the molecule is Cc1ccnc(N2CCCN(C(=O)OC(C)(C)C)CC2)c1. The standard InChI is InChI=1S/C16H25N3O2/c1-13-6-7-17-14(12-13)18-8-5-9-19(11-10-18)15(20)21-16(2,3)4/h6-7,12H,5,8-11H2,1-4H3. The molecule has 1 amide bonds. The summed E-state index contributed by atoms with van der Waals surface area (Å²) in [5, 5.41) is 0. The van der Waals surface area contributed by atoms with Gasteiger partial charge < -0.3 is 14.5 Å². The number of carbonyl (C=O) groups is 1. The summed E-state index contributed by atoms with van der Waals surface area (Å²) in [6.07, 6.45) is 2.54. The summed E-state index contributed by atoms with van der Waals surface area (Å²) >= 11 is 0. The van der Waals surface area contributed by atoms with E-state index in [1.807, 2.05) is 33.0 Å². The minimum atomic E-state index is -0.443. The van der Waals surface area contributed by atoms with E-state index >= 15 is 0 Å². The molecule has 0 bridgehead atoms. The lowest BCUT2D eigenvalue weighted by molar-refractivity contribution is 0.0263. The van der Waals surface area contributed by atoms with Crippen molar-refractivity contribution in [3.63, 3.8) is 0 Å². The van der Waals surface area contributed by atoms with Crippen LogP contribution in [0.25, 0.3) is 0 Å². The van der Waals surface area contributed by atoms with Crippen molar-refractivity contribution in [3.8, 4) is 0 Å². The summed E-state index contributed by atoms with van der Waals surface area (Å²) in [5.41, 5.74) is 0.759. The third-order valence-electron chi connectivity index (χ3n) is 3.37. The van der Waals surface area contributed by atoms with E-state index in [1.54, 1.807) is 4.90 Å². The van der Waals surface area contributed by atoms with Crippen molar-refractivity contribution >= 4 is 11.9 Å². The minimum Gasteiger partial charge on any atom is -0.444 e. The third kappa shape index (κ3) is 4.62. The molecule has 116 valence electrons. The van der Waals surface area contributed by atoms with Crippen molar-refractivity contribution in [2.24, 2.45) is 0 Å². The van der Waals surface area contributed by atoms with E-state index < -0.39 is 5.60 Å². The number of hydrogen-bond donors (Lipinski definition) is 0. The number of aryl methyl sites for hydroxylation is 1. The van der Waals surface area contributed by atoms with Crippen LogP contribution in [0.1, 0.15) is 32.8 Å². The van der Waals surface area contributed by atoms with Gasteiger partial charge in [0, 0.05) is 32.4 Å². The number of ether oxygens (including phenoxy) is 1. The van der Waals surface area contributed by atoms with Gasteiger partial charge >= 0.3 is 6.09 Å². The summed E-state index contributed by atoms with van der Waals surface area (Å²) < 4.78 is 5.45. The molecule has 0 atom stereocenters. The predicted octanol–water partition coefficient (Wildman–Crippen LogP) is 2.84. The highest BCUT2D eigenvalue weighted by atomic mass is 16.6. The molecule has 5 nitrogen and oxygen atoms in total. The summed E-state index contributed by atoms with van der Waals surface area (Å²) in [6.45, 7) is 10.9. The Morgan fingerprint density at radius 3 is 2.67 bits per heavy atom. The number of anilines is 1. The average Bonchev–Trinajstić information content (AvgIpc) is 2.62. The maximum absolute atomic E-state index is 12.1. The first-order valence-electron chi connectivity index (χ1n) is 7.51. The van der Waals surface area contributed by atoms with Crippen molar-refractivity contribution in [2.45, 2.75) is 39.7 Å². The van der Waals surface area contributed by atoms with E-state index in [9.17, 15) is 4.79 Å². The maximum Gasteiger partial charge on any atom is 0.410 e. The Bertz CT molecular complexity index is 497. The molecular weight excluding hydrogens is 266 g/mol. The number of amides is 1. The zero-order valence-electron chi connectivity index (χ0n) is 13.4. The van der Waals surface area contributed by atoms with Crippen LogP contribution in [0.5, 0.6) is 0 Å². The summed E-state index contributed by atoms with van der Waals surface area (Å²) in [4.78, 5) is 20.6. The molecule has 0 aliphatic carbocycles. The number of nitrogens with zero attached hydrogens (tertiary/aromatic N) is 3. The van der Waals surface area contributed by atoms with E-state index in [0.29, 0.717) is 6.54 Å². The van der Waals surface area contributed by atoms with Gasteiger partial charge in [-0.1, -0.05) is 0 Å². The highest BCUT2D eigenvalue weighted by Crippen LogP contribution is 2.16. The van der Waals surface area contributed by atoms with Crippen molar-refractivity contribution < 1.29 is 9.53 Å². The normalized spacial score (nSPS) is 16.6. The van der Waals surface area contributed by atoms with Crippen molar-refractivity contribution in [1.29, 1.82) is 0 Å². The minimum absolute atomic E-state index is 0.221. The van der Waals surface area contributed by atoms with Crippen LogP contribution in [0.4, 0.5) is 10.6 Å². The van der Waals surface area contributed by atoms with E-state index in [-0.39, 0.29) is 6.09 Å². The molecule has 0 radical (unpaired) electrons. The van der Waals surface area contributed by atoms with Gasteiger partial charge in [0.15, 0.2) is 0 Å². The first-order valence-corrected chi connectivity index (χ1v) is 7.51. The van der Waals surface area contributed by atoms with E-state index in [1.165, 1.54) is 5.56 Å². The van der Waals surface area contributed by atoms with E-state index in [0.717, 1.165) is 31.9 Å². The maximum atomic E-state index is 12.1. The number of pyridine rings is 1. The zero-order chi connectivity index (χ0) is 15.5. The van der Waals surface area contributed by atoms with Gasteiger partial charge in [0.1, 0.15) is 11.4 Å². The van der Waals surface area contributed by atoms with Crippen LogP contribution >= 0.6 is 0 Å². The molecule has 1 aromatic rings. The highest BCUT2D eigenvalue weighted by Gasteiger charge is 2.24. The molecule has 0 saturated carbocycles. The Labute approximate surface area is 126 Å². The molecule has 1 aliphatic rings. The molecule has 2 rings (SSSR count). The summed E-state index contributed by atoms with van der Waals surface area (Å²) in [5.74, 6) is 0.987. The van der Waals surface area contributed by atoms with Crippen molar-refractivity contribution in [3.05, 3.63) is 23.9 Å². The predicted molar refractivity (Wildman–Crippen MR) is 83.6 cm³/mol. The smallest absolute Gasteiger partial charge is 0.410 e. The van der Waals surface area contributed by atoms with Gasteiger partial charge in [-0.05, 0) is 51.8 Å². The first-order chi connectivity index (χ1) is 9.85. The lowest BCUT2D eigenvalue weighted by Crippen LogP contribution is -2.39. The largest absolute Gasteiger partial charge is 0.444 e. The summed E-state index contributed by atoms with van der Waals surface area (Å²) in [6, 6.07) is 4.08. The van der Waals surface area contributed by atoms with Gasteiger partial charge in [0.05, 0.1) is 0 Å². The topological polar surface area (TPSA) is 45.7 Å². The molecule has 0 aromatic carbocycles. The van der Waals surface area contributed by atoms with Crippen molar-refractivity contribution in [1.82, 2.24) is 9.88 Å². The van der Waals surface area contributed by atoms with Crippen molar-refractivity contribution in [2.75, 3.05) is 31.1 Å². The van der Waals surface area contributed by atoms with Gasteiger partial charge in [-0.2, -0.15) is 0 Å². The van der Waals surface area contributed by atoms with Gasteiger partial charge in [-0.3, -0.25) is 0 Å². The number of carbonyl (C=O) groups excluding carboxylic acids is 1. The van der Waals surface area contributed by atoms with Crippen LogP contribution in [-0.2, 0) is 4.74 Å². The molecule has 2 heterocycles. The Kier molecular flexibility index (Phi) is 4.70. The molecule has 1 fully saturated rings. The van der Waals surface area contributed by atoms with Crippen LogP contribution in [0, 0.1) is 6.92 Å². The number of rotatable bonds is 1. The Balaban J connectivity index is 1.97. The second-order valence-electron chi connectivity index (χ2n) is 6.50. The highest BCUT2D eigenvalue weighted by molar-refractivity contribution is 5.68. The molecular formula is C16H25N3O2. The fourth-order valence-corrected chi connectivity index (χ4v) is 2.35. The van der Waals surface area contributed by atoms with Crippen LogP contribution < -0.4 is 4.90 Å². The van der Waals surface area contributed by atoms with Gasteiger partial charge in [-0.15, -0.1) is 0 Å². The molecule has 1 aromatic heterocycles. The third-order valence-corrected chi connectivity index (χ3v) is 3.37. The van der Waals surface area contributed by atoms with Crippen LogP contribution in [0.3, 0.4) is 0 Å². The monoisotopic (exact) mass is 291 g/mol. The van der Waals surface area contributed by atoms with Crippen LogP contribution in [0.2, 0.25) is 0 Å². The van der Waals surface area contributed by atoms with E-state index in [2.05, 4.69) is 22.9 Å². The fourth-order valence-electron chi connectivity index (χ4n) is 2.35. The van der Waals surface area contributed by atoms with Crippen LogP contribution in [-0.4, -0.2) is 47.8 Å². The van der Waals surface area contributed by atoms with Gasteiger partial charge in [-0.25, -0.2) is 9.78 Å². The van der Waals surface area contributed by atoms with Gasteiger partial charge in [0.25, 0.3) is 0 Å². The lowest BCUT2D eigenvalue weighted by atomic mass is 10.2. The van der Waals surface area contributed by atoms with Gasteiger partial charge in [0.2, 0.25) is 0 Å². The van der Waals surface area contributed by atoms with E-state index in [4.69, 9.17) is 4.74 Å². The molecule has 0 spiro atoms.